The number of hydrogen-bond acceptors (Lipinski definition) is 5. The third-order valence-corrected chi connectivity index (χ3v) is 6.15. The van der Waals surface area contributed by atoms with Gasteiger partial charge in [-0.2, -0.15) is 0 Å². The minimum absolute atomic E-state index is 0.0791. The molecule has 41 heavy (non-hydrogen) atoms. The Morgan fingerprint density at radius 2 is 1.34 bits per heavy atom. The van der Waals surface area contributed by atoms with Crippen LogP contribution < -0.4 is 20.1 Å². The molecule has 0 atom stereocenters. The lowest BCUT2D eigenvalue weighted by Gasteiger charge is -2.37. The molecule has 0 saturated carbocycles. The maximum atomic E-state index is 13.4. The van der Waals surface area contributed by atoms with Gasteiger partial charge in [-0.15, -0.1) is 26.3 Å². The lowest BCUT2D eigenvalue weighted by Crippen LogP contribution is -2.50. The van der Waals surface area contributed by atoms with Crippen LogP contribution in [-0.4, -0.2) is 23.9 Å². The van der Waals surface area contributed by atoms with E-state index < -0.39 is 35.8 Å². The van der Waals surface area contributed by atoms with Gasteiger partial charge >= 0.3 is 18.8 Å². The molecule has 0 radical (unpaired) electrons. The summed E-state index contributed by atoms with van der Waals surface area (Å²) in [5.74, 6) is -0.678. The topological polar surface area (TPSA) is 85.6 Å². The first kappa shape index (κ1) is 29.3. The quantitative estimate of drug-likeness (QED) is 0.213. The van der Waals surface area contributed by atoms with Crippen LogP contribution in [0, 0.1) is 13.8 Å². The summed E-state index contributed by atoms with van der Waals surface area (Å²) in [4.78, 5) is 13.4. The number of alkyl halides is 6. The molecule has 0 saturated heterocycles. The number of amides is 2. The number of benzene rings is 3. The standard InChI is InChI=1S/C28H23F6N3O4/c1-17-18(2)41-37-24(17)35-25(38)36-26(16-19-8-4-3-5-9-19,20-10-6-12-22(14-20)39-27(29,30)31)21-11-7-13-23(15-21)40-28(32,33)34/h3-15H,16H2,1-2H3,(H2,35,36,37,38). The van der Waals surface area contributed by atoms with Crippen LogP contribution in [0.15, 0.2) is 83.4 Å². The van der Waals surface area contributed by atoms with Gasteiger partial charge in [-0.05, 0) is 54.8 Å². The van der Waals surface area contributed by atoms with Crippen molar-refractivity contribution in [1.82, 2.24) is 10.5 Å². The zero-order valence-electron chi connectivity index (χ0n) is 21.6. The third-order valence-electron chi connectivity index (χ3n) is 6.15. The van der Waals surface area contributed by atoms with Crippen LogP contribution in [0.4, 0.5) is 37.0 Å². The number of carbonyl (C=O) groups is 1. The zero-order valence-corrected chi connectivity index (χ0v) is 21.6. The number of carbonyl (C=O) groups excluding carboxylic acids is 1. The number of aryl methyl sites for hydroxylation is 1. The summed E-state index contributed by atoms with van der Waals surface area (Å²) in [6, 6.07) is 17.3. The number of ether oxygens (including phenoxy) is 2. The highest BCUT2D eigenvalue weighted by Gasteiger charge is 2.39. The predicted molar refractivity (Wildman–Crippen MR) is 135 cm³/mol. The number of rotatable bonds is 8. The molecule has 0 fully saturated rings. The largest absolute Gasteiger partial charge is 0.573 e. The Morgan fingerprint density at radius 1 is 0.805 bits per heavy atom. The Labute approximate surface area is 230 Å². The fourth-order valence-corrected chi connectivity index (χ4v) is 4.25. The predicted octanol–water partition coefficient (Wildman–Crippen LogP) is 7.40. The molecule has 13 heteroatoms. The monoisotopic (exact) mass is 579 g/mol. The molecule has 0 bridgehead atoms. The van der Waals surface area contributed by atoms with Crippen molar-refractivity contribution in [1.29, 1.82) is 0 Å². The van der Waals surface area contributed by atoms with Crippen molar-refractivity contribution < 1.29 is 45.1 Å². The molecule has 2 amide bonds. The molecule has 3 aromatic carbocycles. The van der Waals surface area contributed by atoms with Gasteiger partial charge in [-0.1, -0.05) is 59.8 Å². The van der Waals surface area contributed by atoms with Crippen LogP contribution in [0.3, 0.4) is 0 Å². The number of hydrogen-bond donors (Lipinski definition) is 2. The fraction of sp³-hybridized carbons (Fsp3) is 0.214. The normalized spacial score (nSPS) is 12.1. The fourth-order valence-electron chi connectivity index (χ4n) is 4.25. The van der Waals surface area contributed by atoms with Gasteiger partial charge in [0.25, 0.3) is 0 Å². The van der Waals surface area contributed by atoms with Crippen molar-refractivity contribution in [3.05, 3.63) is 107 Å². The summed E-state index contributed by atoms with van der Waals surface area (Å²) in [5, 5.41) is 9.10. The number of anilines is 1. The minimum atomic E-state index is -5.02. The highest BCUT2D eigenvalue weighted by Crippen LogP contribution is 2.38. The van der Waals surface area contributed by atoms with Gasteiger partial charge < -0.3 is 19.3 Å². The van der Waals surface area contributed by atoms with E-state index in [-0.39, 0.29) is 23.4 Å². The average Bonchev–Trinajstić information content (AvgIpc) is 3.19. The van der Waals surface area contributed by atoms with Crippen molar-refractivity contribution in [2.75, 3.05) is 5.32 Å². The molecule has 1 aromatic heterocycles. The summed E-state index contributed by atoms with van der Waals surface area (Å²) < 4.78 is 91.9. The van der Waals surface area contributed by atoms with E-state index in [1.54, 1.807) is 44.2 Å². The average molecular weight is 579 g/mol. The highest BCUT2D eigenvalue weighted by molar-refractivity contribution is 5.90. The van der Waals surface area contributed by atoms with Gasteiger partial charge in [0.1, 0.15) is 17.3 Å². The molecule has 0 aliphatic rings. The van der Waals surface area contributed by atoms with E-state index in [1.807, 2.05) is 0 Å². The Balaban J connectivity index is 1.90. The zero-order chi connectivity index (χ0) is 29.8. The second-order valence-corrected chi connectivity index (χ2v) is 9.01. The first-order valence-electron chi connectivity index (χ1n) is 12.0. The van der Waals surface area contributed by atoms with Crippen molar-refractivity contribution in [3.63, 3.8) is 0 Å². The molecule has 0 aliphatic heterocycles. The van der Waals surface area contributed by atoms with E-state index in [4.69, 9.17) is 4.52 Å². The molecule has 7 nitrogen and oxygen atoms in total. The molecule has 0 unspecified atom stereocenters. The number of urea groups is 1. The summed E-state index contributed by atoms with van der Waals surface area (Å²) in [7, 11) is 0. The second kappa shape index (κ2) is 11.4. The third kappa shape index (κ3) is 7.50. The van der Waals surface area contributed by atoms with E-state index in [9.17, 15) is 31.1 Å². The smallest absolute Gasteiger partial charge is 0.406 e. The van der Waals surface area contributed by atoms with Gasteiger partial charge in [0, 0.05) is 12.0 Å². The Kier molecular flexibility index (Phi) is 8.17. The molecule has 0 aliphatic carbocycles. The Morgan fingerprint density at radius 3 is 1.80 bits per heavy atom. The molecule has 4 aromatic rings. The van der Waals surface area contributed by atoms with Crippen molar-refractivity contribution in [2.24, 2.45) is 0 Å². The van der Waals surface area contributed by atoms with Crippen LogP contribution in [0.5, 0.6) is 11.5 Å². The second-order valence-electron chi connectivity index (χ2n) is 9.01. The lowest BCUT2D eigenvalue weighted by molar-refractivity contribution is -0.275. The van der Waals surface area contributed by atoms with Crippen LogP contribution in [0.25, 0.3) is 0 Å². The lowest BCUT2D eigenvalue weighted by atomic mass is 9.77. The molecule has 2 N–H and O–H groups in total. The van der Waals surface area contributed by atoms with Gasteiger partial charge in [-0.3, -0.25) is 5.32 Å². The number of nitrogens with zero attached hydrogens (tertiary/aromatic N) is 1. The SMILES string of the molecule is Cc1onc(NC(=O)NC(Cc2ccccc2)(c2cccc(OC(F)(F)F)c2)c2cccc(OC(F)(F)F)c2)c1C. The highest BCUT2D eigenvalue weighted by atomic mass is 19.4. The van der Waals surface area contributed by atoms with E-state index in [0.717, 1.165) is 24.3 Å². The van der Waals surface area contributed by atoms with Crippen molar-refractivity contribution >= 4 is 11.8 Å². The van der Waals surface area contributed by atoms with Crippen molar-refractivity contribution in [3.8, 4) is 11.5 Å². The summed E-state index contributed by atoms with van der Waals surface area (Å²) in [5.41, 5.74) is -0.458. The number of halogens is 6. The molecular weight excluding hydrogens is 556 g/mol. The van der Waals surface area contributed by atoms with Gasteiger partial charge in [-0.25, -0.2) is 4.79 Å². The van der Waals surface area contributed by atoms with Gasteiger partial charge in [0.15, 0.2) is 5.82 Å². The molecule has 1 heterocycles. The van der Waals surface area contributed by atoms with Crippen LogP contribution in [0.2, 0.25) is 0 Å². The Bertz CT molecular complexity index is 1440. The molecule has 4 rings (SSSR count). The van der Waals surface area contributed by atoms with E-state index >= 15 is 0 Å². The number of aromatic nitrogens is 1. The van der Waals surface area contributed by atoms with Crippen LogP contribution in [0.1, 0.15) is 28.0 Å². The summed E-state index contributed by atoms with van der Waals surface area (Å²) in [6.45, 7) is 3.28. The molecular formula is C28H23F6N3O4. The first-order chi connectivity index (χ1) is 19.2. The first-order valence-corrected chi connectivity index (χ1v) is 12.0. The summed E-state index contributed by atoms with van der Waals surface area (Å²) in [6.07, 6.45) is -10.1. The molecule has 0 spiro atoms. The Hall–Kier alpha value is -4.68. The van der Waals surface area contributed by atoms with Crippen LogP contribution >= 0.6 is 0 Å². The van der Waals surface area contributed by atoms with Crippen LogP contribution in [-0.2, 0) is 12.0 Å². The van der Waals surface area contributed by atoms with E-state index in [0.29, 0.717) is 16.9 Å². The van der Waals surface area contributed by atoms with Gasteiger partial charge in [0.2, 0.25) is 0 Å². The molecule has 216 valence electrons. The van der Waals surface area contributed by atoms with E-state index in [2.05, 4.69) is 25.3 Å². The number of nitrogens with one attached hydrogen (secondary N) is 2. The maximum Gasteiger partial charge on any atom is 0.573 e. The summed E-state index contributed by atoms with van der Waals surface area (Å²) >= 11 is 0. The maximum absolute atomic E-state index is 13.4. The minimum Gasteiger partial charge on any atom is -0.406 e. The van der Waals surface area contributed by atoms with Crippen molar-refractivity contribution in [2.45, 2.75) is 38.5 Å². The van der Waals surface area contributed by atoms with E-state index in [1.165, 1.54) is 24.3 Å². The van der Waals surface area contributed by atoms with Gasteiger partial charge in [0.05, 0.1) is 5.54 Å².